The predicted octanol–water partition coefficient (Wildman–Crippen LogP) is 6.33. The number of nitrogens with one attached hydrogen (secondary N) is 3. The fourth-order valence-electron chi connectivity index (χ4n) is 2.86. The van der Waals surface area contributed by atoms with Crippen molar-refractivity contribution in [3.05, 3.63) is 83.4 Å². The van der Waals surface area contributed by atoms with Crippen LogP contribution in [0.15, 0.2) is 66.7 Å². The number of phenolic OH excluding ortho intramolecular Hbond substituents is 1. The quantitative estimate of drug-likeness (QED) is 0.258. The second-order valence-electron chi connectivity index (χ2n) is 6.90. The minimum atomic E-state index is -5.10. The Bertz CT molecular complexity index is 1180. The zero-order valence-electron chi connectivity index (χ0n) is 16.9. The summed E-state index contributed by atoms with van der Waals surface area (Å²) in [5.41, 5.74) is -4.31. The van der Waals surface area contributed by atoms with E-state index in [0.29, 0.717) is 17.8 Å². The van der Waals surface area contributed by atoms with Gasteiger partial charge in [-0.1, -0.05) is 24.3 Å². The van der Waals surface area contributed by atoms with E-state index in [2.05, 4.69) is 10.6 Å². The number of hydrogen-bond donors (Lipinski definition) is 4. The maximum absolute atomic E-state index is 13.0. The summed E-state index contributed by atoms with van der Waals surface area (Å²) in [5.74, 6) is -1.94. The molecule has 0 spiro atoms. The van der Waals surface area contributed by atoms with Gasteiger partial charge in [-0.2, -0.15) is 26.3 Å². The first-order valence-electron chi connectivity index (χ1n) is 9.40. The van der Waals surface area contributed by atoms with Crippen LogP contribution >= 0.6 is 0 Å². The van der Waals surface area contributed by atoms with Gasteiger partial charge in [-0.05, 0) is 42.5 Å². The summed E-state index contributed by atoms with van der Waals surface area (Å²) in [6.45, 7) is 0. The van der Waals surface area contributed by atoms with Gasteiger partial charge in [0.15, 0.2) is 5.75 Å². The highest BCUT2D eigenvalue weighted by Gasteiger charge is 2.37. The molecule has 3 amide bonds. The van der Waals surface area contributed by atoms with Crippen LogP contribution in [0.5, 0.6) is 5.75 Å². The van der Waals surface area contributed by atoms with Gasteiger partial charge in [0.2, 0.25) is 0 Å². The lowest BCUT2D eigenvalue weighted by atomic mass is 10.1. The lowest BCUT2D eigenvalue weighted by Gasteiger charge is -2.15. The van der Waals surface area contributed by atoms with Crippen LogP contribution in [0.1, 0.15) is 21.5 Å². The molecule has 3 aromatic rings. The predicted molar refractivity (Wildman–Crippen MR) is 112 cm³/mol. The summed E-state index contributed by atoms with van der Waals surface area (Å²) in [6.07, 6.45) is -10.2. The van der Waals surface area contributed by atoms with Crippen LogP contribution in [0.3, 0.4) is 0 Å². The highest BCUT2D eigenvalue weighted by molar-refractivity contribution is 6.09. The Hall–Kier alpha value is -4.22. The van der Waals surface area contributed by atoms with Crippen molar-refractivity contribution in [3.63, 3.8) is 0 Å². The molecule has 178 valence electrons. The fraction of sp³-hybridized carbons (Fsp3) is 0.0909. The zero-order valence-corrected chi connectivity index (χ0v) is 16.9. The molecule has 0 aliphatic heterocycles. The third kappa shape index (κ3) is 5.97. The number of urea groups is 1. The first-order valence-corrected chi connectivity index (χ1v) is 9.40. The molecule has 12 heteroatoms. The molecule has 0 bridgehead atoms. The van der Waals surface area contributed by atoms with Crippen LogP contribution in [0.4, 0.5) is 48.2 Å². The largest absolute Gasteiger partial charge is 0.505 e. The van der Waals surface area contributed by atoms with Crippen molar-refractivity contribution in [2.45, 2.75) is 12.4 Å². The Morgan fingerprint density at radius 2 is 1.26 bits per heavy atom. The average Bonchev–Trinajstić information content (AvgIpc) is 2.74. The van der Waals surface area contributed by atoms with Gasteiger partial charge in [0.25, 0.3) is 5.91 Å². The van der Waals surface area contributed by atoms with Gasteiger partial charge in [0.1, 0.15) is 0 Å². The highest BCUT2D eigenvalue weighted by atomic mass is 19.4. The minimum Gasteiger partial charge on any atom is -0.505 e. The number of benzene rings is 3. The lowest BCUT2D eigenvalue weighted by molar-refractivity contribution is -0.143. The van der Waals surface area contributed by atoms with Gasteiger partial charge in [-0.3, -0.25) is 4.79 Å². The number of phenols is 1. The molecule has 0 saturated heterocycles. The normalized spacial score (nSPS) is 11.6. The van der Waals surface area contributed by atoms with Crippen molar-refractivity contribution in [2.24, 2.45) is 0 Å². The van der Waals surface area contributed by atoms with E-state index in [0.717, 1.165) is 6.07 Å². The van der Waals surface area contributed by atoms with Crippen LogP contribution < -0.4 is 16.0 Å². The summed E-state index contributed by atoms with van der Waals surface area (Å²) in [6, 6.07) is 11.6. The maximum Gasteiger partial charge on any atom is 0.416 e. The van der Waals surface area contributed by atoms with Crippen molar-refractivity contribution < 1.29 is 41.0 Å². The van der Waals surface area contributed by atoms with Gasteiger partial charge in [-0.25, -0.2) is 4.79 Å². The number of carbonyl (C=O) groups excluding carboxylic acids is 2. The van der Waals surface area contributed by atoms with Crippen molar-refractivity contribution in [1.29, 1.82) is 0 Å². The summed E-state index contributed by atoms with van der Waals surface area (Å²) >= 11 is 0. The lowest BCUT2D eigenvalue weighted by Crippen LogP contribution is -2.20. The molecule has 0 atom stereocenters. The zero-order chi connectivity index (χ0) is 25.1. The number of aromatic hydroxyl groups is 1. The second kappa shape index (κ2) is 9.33. The third-order valence-electron chi connectivity index (χ3n) is 4.41. The average molecular weight is 483 g/mol. The van der Waals surface area contributed by atoms with E-state index in [1.807, 2.05) is 5.32 Å². The second-order valence-corrected chi connectivity index (χ2v) is 6.90. The number of hydrogen-bond acceptors (Lipinski definition) is 3. The Morgan fingerprint density at radius 3 is 1.82 bits per heavy atom. The van der Waals surface area contributed by atoms with Gasteiger partial charge in [0, 0.05) is 11.4 Å². The Labute approximate surface area is 188 Å². The molecule has 0 radical (unpaired) electrons. The topological polar surface area (TPSA) is 90.5 Å². The Morgan fingerprint density at radius 1 is 0.676 bits per heavy atom. The van der Waals surface area contributed by atoms with Gasteiger partial charge in [0.05, 0.1) is 22.4 Å². The van der Waals surface area contributed by atoms with E-state index in [-0.39, 0.29) is 11.8 Å². The Balaban J connectivity index is 1.84. The van der Waals surface area contributed by atoms with E-state index in [9.17, 15) is 41.0 Å². The molecule has 0 heterocycles. The summed E-state index contributed by atoms with van der Waals surface area (Å²) in [7, 11) is 0. The molecule has 4 N–H and O–H groups in total. The standard InChI is InChI=1S/C22H15F6N3O3/c23-21(24,25)12-9-13(22(26,27)28)11-15(10-12)29-19(33)16-7-4-8-17(18(16)32)31-20(34)30-14-5-2-1-3-6-14/h1-11,32H,(H,29,33)(H2,30,31,34). The molecule has 0 saturated carbocycles. The number of carbonyl (C=O) groups is 2. The van der Waals surface area contributed by atoms with Crippen LogP contribution in [-0.4, -0.2) is 17.0 Å². The van der Waals surface area contributed by atoms with Crippen LogP contribution in [0.2, 0.25) is 0 Å². The maximum atomic E-state index is 13.0. The SMILES string of the molecule is O=C(Nc1ccccc1)Nc1cccc(C(=O)Nc2cc(C(F)(F)F)cc(C(F)(F)F)c2)c1O. The van der Waals surface area contributed by atoms with Gasteiger partial charge in [-0.15, -0.1) is 0 Å². The van der Waals surface area contributed by atoms with Crippen LogP contribution in [-0.2, 0) is 12.4 Å². The number of rotatable bonds is 4. The molecular weight excluding hydrogens is 468 g/mol. The van der Waals surface area contributed by atoms with E-state index < -0.39 is 52.4 Å². The Kier molecular flexibility index (Phi) is 6.70. The molecule has 3 rings (SSSR count). The van der Waals surface area contributed by atoms with E-state index in [4.69, 9.17) is 0 Å². The molecule has 0 aromatic heterocycles. The monoisotopic (exact) mass is 483 g/mol. The number of para-hydroxylation sites is 2. The number of halogens is 6. The van der Waals surface area contributed by atoms with Crippen molar-refractivity contribution in [3.8, 4) is 5.75 Å². The summed E-state index contributed by atoms with van der Waals surface area (Å²) in [4.78, 5) is 24.6. The van der Waals surface area contributed by atoms with Gasteiger partial charge >= 0.3 is 18.4 Å². The van der Waals surface area contributed by atoms with Crippen molar-refractivity contribution in [2.75, 3.05) is 16.0 Å². The molecule has 0 unspecified atom stereocenters. The molecule has 0 aliphatic carbocycles. The molecule has 3 aromatic carbocycles. The number of amides is 3. The summed E-state index contributed by atoms with van der Waals surface area (Å²) in [5, 5.41) is 17.0. The fourth-order valence-corrected chi connectivity index (χ4v) is 2.86. The molecule has 6 nitrogen and oxygen atoms in total. The summed E-state index contributed by atoms with van der Waals surface area (Å²) < 4.78 is 78.2. The minimum absolute atomic E-state index is 0.0803. The first-order chi connectivity index (χ1) is 15.8. The number of alkyl halides is 6. The molecule has 0 fully saturated rings. The molecular formula is C22H15F6N3O3. The van der Waals surface area contributed by atoms with E-state index >= 15 is 0 Å². The number of anilines is 3. The van der Waals surface area contributed by atoms with Crippen molar-refractivity contribution >= 4 is 29.0 Å². The van der Waals surface area contributed by atoms with Crippen molar-refractivity contribution in [1.82, 2.24) is 0 Å². The van der Waals surface area contributed by atoms with Crippen LogP contribution in [0, 0.1) is 0 Å². The van der Waals surface area contributed by atoms with E-state index in [1.165, 1.54) is 12.1 Å². The van der Waals surface area contributed by atoms with Crippen LogP contribution in [0.25, 0.3) is 0 Å². The first kappa shape index (κ1) is 24.4. The third-order valence-corrected chi connectivity index (χ3v) is 4.41. The van der Waals surface area contributed by atoms with Gasteiger partial charge < -0.3 is 21.1 Å². The smallest absolute Gasteiger partial charge is 0.416 e. The molecule has 0 aliphatic rings. The van der Waals surface area contributed by atoms with E-state index in [1.54, 1.807) is 30.3 Å². The molecule has 34 heavy (non-hydrogen) atoms. The highest BCUT2D eigenvalue weighted by Crippen LogP contribution is 2.38.